The fraction of sp³-hybridized carbons (Fsp3) is 1.00. The lowest BCUT2D eigenvalue weighted by molar-refractivity contribution is 0.185. The normalized spacial score (nSPS) is 12.5. The van der Waals surface area contributed by atoms with E-state index in [-0.39, 0.29) is 6.10 Å². The maximum absolute atomic E-state index is 9.45. The number of thiol groups is 1. The molecule has 1 atom stereocenters. The third-order valence-electron chi connectivity index (χ3n) is 6.10. The number of aliphatic hydroxyl groups is 1. The fourth-order valence-electron chi connectivity index (χ4n) is 4.08. The molecule has 0 saturated carbocycles. The van der Waals surface area contributed by atoms with Crippen LogP contribution in [0.25, 0.3) is 0 Å². The molecule has 1 unspecified atom stereocenters. The quantitative estimate of drug-likeness (QED) is 0.119. The van der Waals surface area contributed by atoms with E-state index in [0.717, 1.165) is 6.42 Å². The molecule has 0 bridgehead atoms. The molecule has 1 N–H and O–H groups in total. The van der Waals surface area contributed by atoms with Crippen LogP contribution in [0.1, 0.15) is 155 Å². The highest BCUT2D eigenvalue weighted by Crippen LogP contribution is 2.15. The second-order valence-corrected chi connectivity index (χ2v) is 9.41. The first-order valence-electron chi connectivity index (χ1n) is 13.1. The lowest BCUT2D eigenvalue weighted by atomic mass is 10.0. The van der Waals surface area contributed by atoms with Crippen molar-refractivity contribution < 1.29 is 5.11 Å². The monoisotopic (exact) mass is 414 g/mol. The maximum atomic E-state index is 9.45. The Morgan fingerprint density at radius 1 is 0.464 bits per heavy atom. The van der Waals surface area contributed by atoms with Gasteiger partial charge in [0.1, 0.15) is 0 Å². The van der Waals surface area contributed by atoms with Crippen molar-refractivity contribution in [1.29, 1.82) is 0 Å². The minimum Gasteiger partial charge on any atom is -0.392 e. The van der Waals surface area contributed by atoms with Crippen LogP contribution in [0.5, 0.6) is 0 Å². The van der Waals surface area contributed by atoms with Crippen molar-refractivity contribution in [3.63, 3.8) is 0 Å². The second-order valence-electron chi connectivity index (χ2n) is 9.05. The van der Waals surface area contributed by atoms with Gasteiger partial charge in [-0.15, -0.1) is 0 Å². The Hall–Kier alpha value is 0.310. The van der Waals surface area contributed by atoms with Gasteiger partial charge in [-0.05, 0) is 6.42 Å². The Kier molecular flexibility index (Phi) is 25.6. The third-order valence-corrected chi connectivity index (χ3v) is 6.52. The lowest BCUT2D eigenvalue weighted by Gasteiger charge is -2.06. The van der Waals surface area contributed by atoms with Crippen LogP contribution in [0.2, 0.25) is 0 Å². The largest absolute Gasteiger partial charge is 0.392 e. The number of hydrogen-bond acceptors (Lipinski definition) is 2. The van der Waals surface area contributed by atoms with E-state index in [9.17, 15) is 5.11 Å². The van der Waals surface area contributed by atoms with Gasteiger partial charge < -0.3 is 5.11 Å². The van der Waals surface area contributed by atoms with Crippen molar-refractivity contribution in [2.75, 3.05) is 5.75 Å². The first-order chi connectivity index (χ1) is 13.8. The van der Waals surface area contributed by atoms with Crippen molar-refractivity contribution in [1.82, 2.24) is 0 Å². The van der Waals surface area contributed by atoms with Gasteiger partial charge >= 0.3 is 0 Å². The summed E-state index contributed by atoms with van der Waals surface area (Å²) in [4.78, 5) is 0. The van der Waals surface area contributed by atoms with E-state index in [1.54, 1.807) is 0 Å². The molecule has 28 heavy (non-hydrogen) atoms. The van der Waals surface area contributed by atoms with E-state index < -0.39 is 0 Å². The molecular weight excluding hydrogens is 360 g/mol. The molecule has 0 fully saturated rings. The summed E-state index contributed by atoms with van der Waals surface area (Å²) in [6.07, 6.45) is 32.1. The molecule has 0 aromatic heterocycles. The molecule has 1 nitrogen and oxygen atoms in total. The first-order valence-corrected chi connectivity index (χ1v) is 13.7. The summed E-state index contributed by atoms with van der Waals surface area (Å²) in [6.45, 7) is 2.30. The molecule has 0 aromatic rings. The summed E-state index contributed by atoms with van der Waals surface area (Å²) in [5.74, 6) is 0.610. The van der Waals surface area contributed by atoms with E-state index in [1.807, 2.05) is 0 Å². The van der Waals surface area contributed by atoms with Gasteiger partial charge in [0, 0.05) is 5.75 Å². The van der Waals surface area contributed by atoms with Crippen molar-refractivity contribution in [3.05, 3.63) is 0 Å². The average Bonchev–Trinajstić information content (AvgIpc) is 2.71. The molecule has 0 aliphatic rings. The summed E-state index contributed by atoms with van der Waals surface area (Å²) in [5.41, 5.74) is 0. The summed E-state index contributed by atoms with van der Waals surface area (Å²) >= 11 is 4.11. The molecule has 0 heterocycles. The highest BCUT2D eigenvalue weighted by Gasteiger charge is 2.00. The van der Waals surface area contributed by atoms with Crippen molar-refractivity contribution in [2.24, 2.45) is 0 Å². The zero-order valence-electron chi connectivity index (χ0n) is 19.4. The maximum Gasteiger partial charge on any atom is 0.0628 e. The molecule has 0 aliphatic carbocycles. The van der Waals surface area contributed by atoms with Crippen LogP contribution in [0.4, 0.5) is 0 Å². The van der Waals surface area contributed by atoms with Crippen LogP contribution in [-0.4, -0.2) is 17.0 Å². The highest BCUT2D eigenvalue weighted by molar-refractivity contribution is 7.80. The predicted molar refractivity (Wildman–Crippen MR) is 132 cm³/mol. The summed E-state index contributed by atoms with van der Waals surface area (Å²) in [5, 5.41) is 9.45. The van der Waals surface area contributed by atoms with E-state index in [2.05, 4.69) is 19.6 Å². The van der Waals surface area contributed by atoms with E-state index >= 15 is 0 Å². The van der Waals surface area contributed by atoms with Crippen LogP contribution >= 0.6 is 12.6 Å². The SMILES string of the molecule is CCCCCCCCCCCCCCCCCCCCCCCCC(O)CS. The molecule has 170 valence electrons. The number of unbranched alkanes of at least 4 members (excludes halogenated alkanes) is 21. The number of rotatable bonds is 24. The molecule has 0 spiro atoms. The zero-order chi connectivity index (χ0) is 20.5. The lowest BCUT2D eigenvalue weighted by Crippen LogP contribution is -2.07. The Labute approximate surface area is 184 Å². The van der Waals surface area contributed by atoms with Crippen molar-refractivity contribution in [3.8, 4) is 0 Å². The number of aliphatic hydroxyl groups excluding tert-OH is 1. The van der Waals surface area contributed by atoms with Crippen molar-refractivity contribution >= 4 is 12.6 Å². The van der Waals surface area contributed by atoms with E-state index in [1.165, 1.54) is 141 Å². The molecule has 0 rings (SSSR count). The fourth-order valence-corrected chi connectivity index (χ4v) is 4.26. The highest BCUT2D eigenvalue weighted by atomic mass is 32.1. The van der Waals surface area contributed by atoms with Gasteiger partial charge in [-0.25, -0.2) is 0 Å². The molecule has 0 aromatic carbocycles. The van der Waals surface area contributed by atoms with Gasteiger partial charge in [0.15, 0.2) is 0 Å². The average molecular weight is 415 g/mol. The first kappa shape index (κ1) is 28.3. The Balaban J connectivity index is 3.00. The molecule has 0 amide bonds. The van der Waals surface area contributed by atoms with Gasteiger partial charge in [-0.2, -0.15) is 12.6 Å². The topological polar surface area (TPSA) is 20.2 Å². The van der Waals surface area contributed by atoms with Gasteiger partial charge in [0.05, 0.1) is 6.10 Å². The molecule has 0 saturated heterocycles. The van der Waals surface area contributed by atoms with Crippen molar-refractivity contribution in [2.45, 2.75) is 161 Å². The summed E-state index contributed by atoms with van der Waals surface area (Å²) in [6, 6.07) is 0. The second kappa shape index (κ2) is 25.3. The van der Waals surface area contributed by atoms with Gasteiger partial charge in [-0.1, -0.05) is 148 Å². The minimum atomic E-state index is -0.187. The van der Waals surface area contributed by atoms with Gasteiger partial charge in [0.25, 0.3) is 0 Å². The molecule has 0 aliphatic heterocycles. The van der Waals surface area contributed by atoms with Gasteiger partial charge in [-0.3, -0.25) is 0 Å². The molecule has 2 heteroatoms. The molecular formula is C26H54OS. The smallest absolute Gasteiger partial charge is 0.0628 e. The van der Waals surface area contributed by atoms with Crippen LogP contribution in [0, 0.1) is 0 Å². The van der Waals surface area contributed by atoms with Crippen LogP contribution in [0.3, 0.4) is 0 Å². The van der Waals surface area contributed by atoms with Crippen LogP contribution < -0.4 is 0 Å². The van der Waals surface area contributed by atoms with E-state index in [4.69, 9.17) is 0 Å². The van der Waals surface area contributed by atoms with Crippen LogP contribution in [-0.2, 0) is 0 Å². The Morgan fingerprint density at radius 3 is 0.964 bits per heavy atom. The summed E-state index contributed by atoms with van der Waals surface area (Å²) < 4.78 is 0. The standard InChI is InChI=1S/C26H54OS/c1-2-3-4-5-6-7-8-9-10-11-12-13-14-15-16-17-18-19-20-21-22-23-24-26(27)25-28/h26-28H,2-25H2,1H3. The Bertz CT molecular complexity index is 269. The van der Waals surface area contributed by atoms with E-state index in [0.29, 0.717) is 5.75 Å². The minimum absolute atomic E-state index is 0.187. The predicted octanol–water partition coefficient (Wildman–Crippen LogP) is 9.27. The zero-order valence-corrected chi connectivity index (χ0v) is 20.3. The Morgan fingerprint density at radius 2 is 0.714 bits per heavy atom. The van der Waals surface area contributed by atoms with Crippen LogP contribution in [0.15, 0.2) is 0 Å². The third kappa shape index (κ3) is 24.3. The molecule has 0 radical (unpaired) electrons. The number of hydrogen-bond donors (Lipinski definition) is 2. The van der Waals surface area contributed by atoms with Gasteiger partial charge in [0.2, 0.25) is 0 Å². The summed E-state index contributed by atoms with van der Waals surface area (Å²) in [7, 11) is 0.